The molecule has 0 fully saturated rings. The van der Waals surface area contributed by atoms with Gasteiger partial charge in [-0.25, -0.2) is 0 Å². The maximum atomic E-state index is 5.08. The number of hydrogen-bond acceptors (Lipinski definition) is 0. The highest BCUT2D eigenvalue weighted by Crippen LogP contribution is 1.78. The van der Waals surface area contributed by atoms with Crippen molar-refractivity contribution < 1.29 is 0 Å². The van der Waals surface area contributed by atoms with E-state index in [9.17, 15) is 0 Å². The number of rotatable bonds is 0. The van der Waals surface area contributed by atoms with E-state index in [1.807, 2.05) is 0 Å². The molecule has 0 N–H and O–H groups in total. The molecule has 0 spiro atoms. The fourth-order valence-electron chi connectivity index (χ4n) is 0. The fraction of sp³-hybridized carbons (Fsp3) is 0. The second-order valence-corrected chi connectivity index (χ2v) is 2.32. The van der Waals surface area contributed by atoms with Gasteiger partial charge in [-0.3, -0.25) is 0 Å². The Hall–Kier alpha value is 0.464. The molecule has 6 radical (unpaired) electrons. The Bertz CT molecular complexity index is 45.6. The molecule has 5 heavy (non-hydrogen) atoms. The molecule has 0 rings (SSSR count). The van der Waals surface area contributed by atoms with Gasteiger partial charge in [-0.05, 0) is 5.54 Å². The van der Waals surface area contributed by atoms with Gasteiger partial charge in [-0.2, -0.15) is 0 Å². The van der Waals surface area contributed by atoms with E-state index in [-0.39, 0.29) is 0 Å². The van der Waals surface area contributed by atoms with Crippen molar-refractivity contribution in [1.29, 1.82) is 0 Å². The third kappa shape index (κ3) is 4.46. The van der Waals surface area contributed by atoms with E-state index in [1.54, 1.807) is 0 Å². The molecule has 0 unspecified atom stereocenters. The Morgan fingerprint density at radius 3 is 1.80 bits per heavy atom. The smallest absolute Gasteiger partial charge is 0.0592 e. The summed E-state index contributed by atoms with van der Waals surface area (Å²) in [4.78, 5) is 0.756. The van der Waals surface area contributed by atoms with Crippen LogP contribution in [0.4, 0.5) is 0 Å². The minimum absolute atomic E-state index is 0.756. The van der Waals surface area contributed by atoms with E-state index >= 15 is 0 Å². The molecule has 0 aromatic carbocycles. The molecule has 0 aromatic rings. The lowest BCUT2D eigenvalue weighted by Gasteiger charge is -1.70. The third-order valence-corrected chi connectivity index (χ3v) is 0.982. The Morgan fingerprint density at radius 1 is 1.60 bits per heavy atom. The molecule has 0 bridgehead atoms. The topological polar surface area (TPSA) is 0 Å². The summed E-state index contributed by atoms with van der Waals surface area (Å²) in [5.74, 6) is 0. The number of hydrogen-bond donors (Lipinski definition) is 0. The summed E-state index contributed by atoms with van der Waals surface area (Å²) in [7, 11) is 6.12. The highest BCUT2D eigenvalue weighted by molar-refractivity contribution is 6.51. The quantitative estimate of drug-likeness (QED) is 0.401. The third-order valence-electron chi connectivity index (χ3n) is 0.109. The highest BCUT2D eigenvalue weighted by atomic mass is 35.5. The van der Waals surface area contributed by atoms with E-state index < -0.39 is 0 Å². The second-order valence-electron chi connectivity index (χ2n) is 0.523. The van der Waals surface area contributed by atoms with Gasteiger partial charge in [0.15, 0.2) is 0 Å². The molecule has 0 atom stereocenters. The zero-order valence-corrected chi connectivity index (χ0v) is 5.21. The minimum Gasteiger partial charge on any atom is -0.0939 e. The zero-order chi connectivity index (χ0) is 4.28. The normalized spacial score (nSPS) is 7.00. The SMILES string of the molecule is [Si]C([Si])=CCl. The maximum absolute atomic E-state index is 5.08. The van der Waals surface area contributed by atoms with E-state index in [0.717, 1.165) is 4.82 Å². The predicted octanol–water partition coefficient (Wildman–Crippen LogP) is 0.361. The first-order chi connectivity index (χ1) is 2.27. The Balaban J connectivity index is 3.14. The Labute approximate surface area is 43.1 Å². The first kappa shape index (κ1) is 5.46. The lowest BCUT2D eigenvalue weighted by Crippen LogP contribution is -1.70. The van der Waals surface area contributed by atoms with Gasteiger partial charge >= 0.3 is 0 Å². The van der Waals surface area contributed by atoms with E-state index in [0.29, 0.717) is 0 Å². The van der Waals surface area contributed by atoms with Crippen LogP contribution in [0.25, 0.3) is 0 Å². The summed E-state index contributed by atoms with van der Waals surface area (Å²) < 4.78 is 0. The molecule has 3 heteroatoms. The largest absolute Gasteiger partial charge is 0.0939 e. The summed E-state index contributed by atoms with van der Waals surface area (Å²) in [6.45, 7) is 0. The van der Waals surface area contributed by atoms with Gasteiger partial charge < -0.3 is 0 Å². The van der Waals surface area contributed by atoms with Gasteiger partial charge in [0.05, 0.1) is 20.5 Å². The van der Waals surface area contributed by atoms with Crippen LogP contribution in [0, 0.1) is 0 Å². The molecular weight excluding hydrogens is 116 g/mol. The van der Waals surface area contributed by atoms with Gasteiger partial charge in [0.25, 0.3) is 0 Å². The lowest BCUT2D eigenvalue weighted by atomic mass is 11.2. The standard InChI is InChI=1S/C2HClSi2/c3-1-2(4)5/h1H. The fourth-order valence-corrected chi connectivity index (χ4v) is 0. The minimum atomic E-state index is 0.756. The molecule has 0 aliphatic rings. The molecule has 0 aliphatic heterocycles. The van der Waals surface area contributed by atoms with Crippen molar-refractivity contribution in [2.75, 3.05) is 0 Å². The Morgan fingerprint density at radius 2 is 1.80 bits per heavy atom. The first-order valence-corrected chi connectivity index (χ1v) is 2.44. The van der Waals surface area contributed by atoms with Gasteiger partial charge in [0.2, 0.25) is 0 Å². The molecule has 0 aliphatic carbocycles. The van der Waals surface area contributed by atoms with Crippen molar-refractivity contribution in [2.45, 2.75) is 0 Å². The summed E-state index contributed by atoms with van der Waals surface area (Å²) in [6, 6.07) is 0. The summed E-state index contributed by atoms with van der Waals surface area (Å²) in [6.07, 6.45) is 0. The molecule has 0 nitrogen and oxygen atoms in total. The van der Waals surface area contributed by atoms with Crippen molar-refractivity contribution in [1.82, 2.24) is 0 Å². The van der Waals surface area contributed by atoms with Crippen LogP contribution in [-0.2, 0) is 0 Å². The Kier molecular flexibility index (Phi) is 2.94. The molecule has 0 saturated carbocycles. The van der Waals surface area contributed by atoms with Crippen LogP contribution in [0.15, 0.2) is 10.4 Å². The zero-order valence-electron chi connectivity index (χ0n) is 2.46. The van der Waals surface area contributed by atoms with Crippen LogP contribution in [0.1, 0.15) is 0 Å². The highest BCUT2D eigenvalue weighted by Gasteiger charge is 1.64. The van der Waals surface area contributed by atoms with Crippen LogP contribution in [0.3, 0.4) is 0 Å². The molecule has 24 valence electrons. The van der Waals surface area contributed by atoms with Gasteiger partial charge in [0.1, 0.15) is 0 Å². The average molecular weight is 117 g/mol. The van der Waals surface area contributed by atoms with Gasteiger partial charge in [-0.1, -0.05) is 16.4 Å². The van der Waals surface area contributed by atoms with Crippen LogP contribution in [-0.4, -0.2) is 20.5 Å². The second kappa shape index (κ2) is 2.69. The average Bonchev–Trinajstić information content (AvgIpc) is 1.38. The van der Waals surface area contributed by atoms with Crippen molar-refractivity contribution in [3.8, 4) is 0 Å². The van der Waals surface area contributed by atoms with Crippen LogP contribution in [0.5, 0.6) is 0 Å². The van der Waals surface area contributed by atoms with E-state index in [4.69, 9.17) is 11.6 Å². The first-order valence-electron chi connectivity index (χ1n) is 1.01. The monoisotopic (exact) mass is 116 g/mol. The lowest BCUT2D eigenvalue weighted by molar-refractivity contribution is 2.35. The number of halogens is 1. The van der Waals surface area contributed by atoms with Crippen LogP contribution < -0.4 is 0 Å². The molecule has 0 saturated heterocycles. The van der Waals surface area contributed by atoms with Crippen molar-refractivity contribution in [3.05, 3.63) is 10.4 Å². The maximum Gasteiger partial charge on any atom is 0.0592 e. The summed E-state index contributed by atoms with van der Waals surface area (Å²) in [5.41, 5.74) is 1.38. The molecular formula is C2HClSi2. The predicted molar refractivity (Wildman–Crippen MR) is 25.4 cm³/mol. The van der Waals surface area contributed by atoms with Gasteiger partial charge in [0, 0.05) is 0 Å². The molecule has 0 aromatic heterocycles. The summed E-state index contributed by atoms with van der Waals surface area (Å²) >= 11 is 5.08. The van der Waals surface area contributed by atoms with Crippen LogP contribution >= 0.6 is 11.6 Å². The van der Waals surface area contributed by atoms with Crippen molar-refractivity contribution in [3.63, 3.8) is 0 Å². The van der Waals surface area contributed by atoms with Gasteiger partial charge in [-0.15, -0.1) is 0 Å². The van der Waals surface area contributed by atoms with Crippen LogP contribution in [0.2, 0.25) is 0 Å². The molecule has 0 heterocycles. The van der Waals surface area contributed by atoms with E-state index in [1.165, 1.54) is 5.54 Å². The molecule has 0 amide bonds. The van der Waals surface area contributed by atoms with Crippen molar-refractivity contribution in [2.24, 2.45) is 0 Å². The summed E-state index contributed by atoms with van der Waals surface area (Å²) in [5, 5.41) is 0. The van der Waals surface area contributed by atoms with Crippen molar-refractivity contribution >= 4 is 32.1 Å². The van der Waals surface area contributed by atoms with E-state index in [2.05, 4.69) is 20.5 Å².